The van der Waals surface area contributed by atoms with Crippen LogP contribution in [0.5, 0.6) is 0 Å². The number of fused-ring (bicyclic) bond motifs is 7. The van der Waals surface area contributed by atoms with E-state index in [4.69, 9.17) is 28.8 Å². The van der Waals surface area contributed by atoms with Gasteiger partial charge in [-0.2, -0.15) is 0 Å². The highest BCUT2D eigenvalue weighted by Gasteiger charge is 2.21. The normalized spacial score (nSPS) is 11.8. The number of aromatic nitrogens is 4. The summed E-state index contributed by atoms with van der Waals surface area (Å²) in [5.41, 5.74) is 10.1. The summed E-state index contributed by atoms with van der Waals surface area (Å²) in [6.45, 7) is 0. The smallest absolute Gasteiger partial charge is 0.164 e. The molecule has 0 N–H and O–H groups in total. The van der Waals surface area contributed by atoms with Crippen LogP contribution in [0, 0.1) is 0 Å². The first-order valence-corrected chi connectivity index (χ1v) is 18.2. The Hall–Kier alpha value is -6.96. The van der Waals surface area contributed by atoms with E-state index in [1.807, 2.05) is 84.9 Å². The molecule has 0 aliphatic carbocycles. The van der Waals surface area contributed by atoms with Crippen LogP contribution in [-0.4, -0.2) is 19.9 Å². The van der Waals surface area contributed by atoms with Crippen LogP contribution in [0.4, 0.5) is 0 Å². The minimum absolute atomic E-state index is 0.562. The standard InChI is InChI=1S/C46H26N4O2S/c1-2-10-28(11-3-1)43-48-44(30-24-25-33-32-12-4-6-16-36(32)51-39(33)26-30)50-45(49-43)34-14-9-18-38-42(34)41-31(13-8-17-37(41)52-38)27-20-22-29(23-21-27)46-47-35-15-5-7-19-40(35)53-46/h1-26H. The van der Waals surface area contributed by atoms with Crippen molar-refractivity contribution in [3.63, 3.8) is 0 Å². The maximum Gasteiger partial charge on any atom is 0.164 e. The summed E-state index contributed by atoms with van der Waals surface area (Å²) in [6.07, 6.45) is 0. The van der Waals surface area contributed by atoms with E-state index in [0.29, 0.717) is 17.5 Å². The first-order chi connectivity index (χ1) is 26.2. The van der Waals surface area contributed by atoms with Crippen molar-refractivity contribution in [3.05, 3.63) is 158 Å². The number of thiazole rings is 1. The van der Waals surface area contributed by atoms with Crippen LogP contribution in [-0.2, 0) is 0 Å². The number of benzene rings is 7. The highest BCUT2D eigenvalue weighted by atomic mass is 32.1. The fraction of sp³-hybridized carbons (Fsp3) is 0. The van der Waals surface area contributed by atoms with Crippen LogP contribution >= 0.6 is 11.3 Å². The Kier molecular flexibility index (Phi) is 6.62. The maximum absolute atomic E-state index is 6.52. The molecule has 6 nitrogen and oxygen atoms in total. The number of rotatable bonds is 5. The molecule has 0 saturated heterocycles. The van der Waals surface area contributed by atoms with Crippen molar-refractivity contribution in [2.45, 2.75) is 0 Å². The topological polar surface area (TPSA) is 77.8 Å². The van der Waals surface area contributed by atoms with Gasteiger partial charge >= 0.3 is 0 Å². The Labute approximate surface area is 306 Å². The summed E-state index contributed by atoms with van der Waals surface area (Å²) in [7, 11) is 0. The molecule has 4 heterocycles. The Bertz CT molecular complexity index is 3150. The van der Waals surface area contributed by atoms with Crippen LogP contribution in [0.1, 0.15) is 0 Å². The van der Waals surface area contributed by atoms with Crippen molar-refractivity contribution in [2.24, 2.45) is 0 Å². The fourth-order valence-electron chi connectivity index (χ4n) is 7.29. The molecule has 11 rings (SSSR count). The molecule has 0 aliphatic rings. The van der Waals surface area contributed by atoms with Crippen LogP contribution in [0.2, 0.25) is 0 Å². The van der Waals surface area contributed by atoms with Crippen LogP contribution in [0.15, 0.2) is 167 Å². The molecule has 0 saturated carbocycles. The summed E-state index contributed by atoms with van der Waals surface area (Å²) >= 11 is 1.71. The van der Waals surface area contributed by atoms with Gasteiger partial charge in [0.2, 0.25) is 0 Å². The summed E-state index contributed by atoms with van der Waals surface area (Å²) < 4.78 is 14.0. The number of nitrogens with zero attached hydrogens (tertiary/aromatic N) is 4. The molecule has 53 heavy (non-hydrogen) atoms. The monoisotopic (exact) mass is 698 g/mol. The van der Waals surface area contributed by atoms with Gasteiger partial charge in [-0.3, -0.25) is 0 Å². The van der Waals surface area contributed by atoms with Crippen LogP contribution in [0.3, 0.4) is 0 Å². The molecular weight excluding hydrogens is 673 g/mol. The van der Waals surface area contributed by atoms with Crippen molar-refractivity contribution in [3.8, 4) is 55.9 Å². The van der Waals surface area contributed by atoms with Crippen LogP contribution < -0.4 is 0 Å². The first-order valence-electron chi connectivity index (χ1n) is 17.4. The third kappa shape index (κ3) is 4.93. The zero-order valence-corrected chi connectivity index (χ0v) is 28.8. The predicted octanol–water partition coefficient (Wildman–Crippen LogP) is 12.6. The Morgan fingerprint density at radius 3 is 1.81 bits per heavy atom. The molecule has 248 valence electrons. The van der Waals surface area contributed by atoms with Gasteiger partial charge in [0, 0.05) is 43.8 Å². The summed E-state index contributed by atoms with van der Waals surface area (Å²) in [5, 5.41) is 5.11. The van der Waals surface area contributed by atoms with E-state index in [9.17, 15) is 0 Å². The van der Waals surface area contributed by atoms with Gasteiger partial charge in [-0.05, 0) is 53.6 Å². The summed E-state index contributed by atoms with van der Waals surface area (Å²) in [4.78, 5) is 20.1. The third-order valence-electron chi connectivity index (χ3n) is 9.80. The molecular formula is C46H26N4O2S. The Morgan fingerprint density at radius 1 is 0.377 bits per heavy atom. The lowest BCUT2D eigenvalue weighted by Crippen LogP contribution is -2.00. The third-order valence-corrected chi connectivity index (χ3v) is 10.9. The number of hydrogen-bond donors (Lipinski definition) is 0. The number of hydrogen-bond acceptors (Lipinski definition) is 7. The lowest BCUT2D eigenvalue weighted by molar-refractivity contribution is 0.668. The fourth-order valence-corrected chi connectivity index (χ4v) is 8.26. The maximum atomic E-state index is 6.52. The molecule has 0 bridgehead atoms. The van der Waals surface area contributed by atoms with Gasteiger partial charge in [0.15, 0.2) is 17.5 Å². The highest BCUT2D eigenvalue weighted by Crippen LogP contribution is 2.42. The molecule has 0 atom stereocenters. The minimum Gasteiger partial charge on any atom is -0.456 e. The molecule has 0 amide bonds. The van der Waals surface area contributed by atoms with Crippen molar-refractivity contribution in [1.82, 2.24) is 19.9 Å². The van der Waals surface area contributed by atoms with Gasteiger partial charge in [0.25, 0.3) is 0 Å². The molecule has 0 spiro atoms. The molecule has 0 unspecified atom stereocenters. The van der Waals surface area contributed by atoms with Gasteiger partial charge in [-0.25, -0.2) is 19.9 Å². The molecule has 0 aliphatic heterocycles. The van der Waals surface area contributed by atoms with E-state index in [-0.39, 0.29) is 0 Å². The Morgan fingerprint density at radius 2 is 0.981 bits per heavy atom. The second-order valence-electron chi connectivity index (χ2n) is 13.0. The second-order valence-corrected chi connectivity index (χ2v) is 14.0. The van der Waals surface area contributed by atoms with Gasteiger partial charge in [0.1, 0.15) is 27.3 Å². The average Bonchev–Trinajstić information content (AvgIpc) is 3.94. The molecule has 0 radical (unpaired) electrons. The molecule has 7 aromatic carbocycles. The lowest BCUT2D eigenvalue weighted by atomic mass is 9.96. The van der Waals surface area contributed by atoms with E-state index in [2.05, 4.69) is 72.8 Å². The average molecular weight is 699 g/mol. The summed E-state index contributed by atoms with van der Waals surface area (Å²) in [5.74, 6) is 1.71. The zero-order valence-electron chi connectivity index (χ0n) is 28.0. The zero-order chi connectivity index (χ0) is 34.9. The largest absolute Gasteiger partial charge is 0.456 e. The SMILES string of the molecule is c1ccc(-c2nc(-c3ccc4c(c3)oc3ccccc34)nc(-c3cccc4oc5cccc(-c6ccc(-c7nc8ccccc8s7)cc6)c5c34)n2)cc1. The highest BCUT2D eigenvalue weighted by molar-refractivity contribution is 7.21. The van der Waals surface area contributed by atoms with Crippen molar-refractivity contribution in [2.75, 3.05) is 0 Å². The van der Waals surface area contributed by atoms with E-state index in [1.54, 1.807) is 11.3 Å². The van der Waals surface area contributed by atoms with Crippen LogP contribution in [0.25, 0.3) is 110 Å². The van der Waals surface area contributed by atoms with Crippen molar-refractivity contribution < 1.29 is 8.83 Å². The first kappa shape index (κ1) is 29.7. The number of para-hydroxylation sites is 2. The molecule has 7 heteroatoms. The lowest BCUT2D eigenvalue weighted by Gasteiger charge is -2.10. The van der Waals surface area contributed by atoms with Gasteiger partial charge < -0.3 is 8.83 Å². The van der Waals surface area contributed by atoms with Crippen molar-refractivity contribution >= 4 is 65.4 Å². The van der Waals surface area contributed by atoms with E-state index in [0.717, 1.165) is 87.8 Å². The summed E-state index contributed by atoms with van der Waals surface area (Å²) in [6, 6.07) is 53.5. The van der Waals surface area contributed by atoms with Crippen molar-refractivity contribution in [1.29, 1.82) is 0 Å². The second kappa shape index (κ2) is 11.8. The molecule has 4 aromatic heterocycles. The van der Waals surface area contributed by atoms with E-state index in [1.165, 1.54) is 4.70 Å². The Balaban J connectivity index is 1.09. The molecule has 0 fully saturated rings. The number of furan rings is 2. The van der Waals surface area contributed by atoms with Gasteiger partial charge in [0.05, 0.1) is 10.2 Å². The van der Waals surface area contributed by atoms with Gasteiger partial charge in [-0.15, -0.1) is 11.3 Å². The molecule has 11 aromatic rings. The minimum atomic E-state index is 0.562. The predicted molar refractivity (Wildman–Crippen MR) is 215 cm³/mol. The van der Waals surface area contributed by atoms with E-state index < -0.39 is 0 Å². The van der Waals surface area contributed by atoms with E-state index >= 15 is 0 Å². The van der Waals surface area contributed by atoms with Gasteiger partial charge in [-0.1, -0.05) is 115 Å². The quantitative estimate of drug-likeness (QED) is 0.178.